The Kier molecular flexibility index (Phi) is 3.04. The van der Waals surface area contributed by atoms with E-state index < -0.39 is 5.97 Å². The molecule has 4 heteroatoms. The third-order valence-corrected chi connectivity index (χ3v) is 0.875. The van der Waals surface area contributed by atoms with Crippen molar-refractivity contribution in [3.05, 3.63) is 23.5 Å². The van der Waals surface area contributed by atoms with Crippen LogP contribution < -0.4 is 11.5 Å². The van der Waals surface area contributed by atoms with Crippen molar-refractivity contribution in [3.63, 3.8) is 0 Å². The highest BCUT2D eigenvalue weighted by Crippen LogP contribution is 1.96. The van der Waals surface area contributed by atoms with E-state index in [1.165, 1.54) is 6.08 Å². The molecule has 4 nitrogen and oxygen atoms in total. The summed E-state index contributed by atoms with van der Waals surface area (Å²) in [5.74, 6) is -1.29. The minimum absolute atomic E-state index is 0.0671. The summed E-state index contributed by atoms with van der Waals surface area (Å²) >= 11 is 0. The highest BCUT2D eigenvalue weighted by Gasteiger charge is 2.04. The van der Waals surface area contributed by atoms with Crippen LogP contribution in [0.5, 0.6) is 0 Å². The predicted octanol–water partition coefficient (Wildman–Crippen LogP) is -0.224. The van der Waals surface area contributed by atoms with E-state index in [0.29, 0.717) is 0 Å². The number of allylic oxidation sites excluding steroid dienone is 1. The average molecular weight is 142 g/mol. The van der Waals surface area contributed by atoms with E-state index in [2.05, 4.69) is 0 Å². The molecule has 0 aliphatic rings. The number of carboxylic acid groups (broad SMARTS) is 1. The average Bonchev–Trinajstić information content (AvgIpc) is 1.81. The molecular formula is C6H10N2O2. The summed E-state index contributed by atoms with van der Waals surface area (Å²) in [5, 5.41) is 8.41. The Labute approximate surface area is 58.8 Å². The first-order chi connectivity index (χ1) is 4.59. The SMILES string of the molecule is C/C=C\C(C(=O)O)=C(N)N. The lowest BCUT2D eigenvalue weighted by Crippen LogP contribution is -2.15. The van der Waals surface area contributed by atoms with Crippen molar-refractivity contribution in [2.45, 2.75) is 6.92 Å². The van der Waals surface area contributed by atoms with Gasteiger partial charge in [-0.3, -0.25) is 0 Å². The van der Waals surface area contributed by atoms with E-state index in [0.717, 1.165) is 0 Å². The minimum atomic E-state index is -1.11. The van der Waals surface area contributed by atoms with Gasteiger partial charge in [-0.2, -0.15) is 0 Å². The molecule has 0 aromatic heterocycles. The van der Waals surface area contributed by atoms with Crippen molar-refractivity contribution in [1.82, 2.24) is 0 Å². The predicted molar refractivity (Wildman–Crippen MR) is 37.9 cm³/mol. The zero-order valence-corrected chi connectivity index (χ0v) is 5.66. The molecule has 0 unspecified atom stereocenters. The van der Waals surface area contributed by atoms with Crippen molar-refractivity contribution < 1.29 is 9.90 Å². The van der Waals surface area contributed by atoms with Crippen LogP contribution in [-0.2, 0) is 4.79 Å². The van der Waals surface area contributed by atoms with Crippen LogP contribution in [0.4, 0.5) is 0 Å². The van der Waals surface area contributed by atoms with Crippen molar-refractivity contribution in [2.75, 3.05) is 0 Å². The Balaban J connectivity index is 4.61. The molecule has 0 fully saturated rings. The molecule has 0 aromatic rings. The van der Waals surface area contributed by atoms with Gasteiger partial charge in [0.25, 0.3) is 0 Å². The van der Waals surface area contributed by atoms with Gasteiger partial charge in [0, 0.05) is 0 Å². The third kappa shape index (κ3) is 2.21. The number of nitrogens with two attached hydrogens (primary N) is 2. The number of hydrogen-bond donors (Lipinski definition) is 3. The lowest BCUT2D eigenvalue weighted by molar-refractivity contribution is -0.132. The van der Waals surface area contributed by atoms with E-state index >= 15 is 0 Å². The highest BCUT2D eigenvalue weighted by molar-refractivity contribution is 5.90. The Morgan fingerprint density at radius 1 is 1.50 bits per heavy atom. The number of carbonyl (C=O) groups is 1. The van der Waals surface area contributed by atoms with Gasteiger partial charge in [0.2, 0.25) is 0 Å². The second-order valence-electron chi connectivity index (χ2n) is 1.67. The fraction of sp³-hybridized carbons (Fsp3) is 0.167. The fourth-order valence-corrected chi connectivity index (χ4v) is 0.458. The van der Waals surface area contributed by atoms with Gasteiger partial charge in [0.1, 0.15) is 5.82 Å². The second-order valence-corrected chi connectivity index (χ2v) is 1.67. The van der Waals surface area contributed by atoms with E-state index in [-0.39, 0.29) is 11.4 Å². The molecule has 0 heterocycles. The number of hydrogen-bond acceptors (Lipinski definition) is 3. The lowest BCUT2D eigenvalue weighted by atomic mass is 10.2. The maximum atomic E-state index is 10.3. The summed E-state index contributed by atoms with van der Waals surface area (Å²) in [4.78, 5) is 10.3. The molecule has 0 aliphatic carbocycles. The highest BCUT2D eigenvalue weighted by atomic mass is 16.4. The van der Waals surface area contributed by atoms with Gasteiger partial charge in [-0.15, -0.1) is 0 Å². The number of aliphatic carboxylic acids is 1. The molecule has 0 saturated heterocycles. The molecule has 56 valence electrons. The quantitative estimate of drug-likeness (QED) is 0.367. The zero-order valence-electron chi connectivity index (χ0n) is 5.66. The van der Waals surface area contributed by atoms with Crippen molar-refractivity contribution in [3.8, 4) is 0 Å². The molecule has 0 aromatic carbocycles. The van der Waals surface area contributed by atoms with Crippen LogP contribution in [0, 0.1) is 0 Å². The fourth-order valence-electron chi connectivity index (χ4n) is 0.458. The van der Waals surface area contributed by atoms with Crippen LogP contribution in [0.3, 0.4) is 0 Å². The van der Waals surface area contributed by atoms with Crippen LogP contribution in [0.15, 0.2) is 23.5 Å². The van der Waals surface area contributed by atoms with E-state index in [4.69, 9.17) is 16.6 Å². The summed E-state index contributed by atoms with van der Waals surface area (Å²) in [6.45, 7) is 1.69. The molecular weight excluding hydrogens is 132 g/mol. The van der Waals surface area contributed by atoms with E-state index in [1.807, 2.05) is 0 Å². The summed E-state index contributed by atoms with van der Waals surface area (Å²) in [6.07, 6.45) is 2.90. The maximum Gasteiger partial charge on any atom is 0.339 e. The molecule has 0 atom stereocenters. The summed E-state index contributed by atoms with van der Waals surface area (Å²) in [6, 6.07) is 0. The monoisotopic (exact) mass is 142 g/mol. The molecule has 0 saturated carbocycles. The molecule has 0 amide bonds. The molecule has 5 N–H and O–H groups in total. The lowest BCUT2D eigenvalue weighted by Gasteiger charge is -1.95. The van der Waals surface area contributed by atoms with Crippen molar-refractivity contribution in [2.24, 2.45) is 11.5 Å². The molecule has 0 aliphatic heterocycles. The molecule has 0 radical (unpaired) electrons. The third-order valence-electron chi connectivity index (χ3n) is 0.875. The zero-order chi connectivity index (χ0) is 8.15. The maximum absolute atomic E-state index is 10.3. The van der Waals surface area contributed by atoms with E-state index in [9.17, 15) is 4.79 Å². The largest absolute Gasteiger partial charge is 0.478 e. The first kappa shape index (κ1) is 8.55. The smallest absolute Gasteiger partial charge is 0.339 e. The topological polar surface area (TPSA) is 89.3 Å². The number of rotatable bonds is 2. The van der Waals surface area contributed by atoms with E-state index in [1.54, 1.807) is 13.0 Å². The first-order valence-electron chi connectivity index (χ1n) is 2.70. The van der Waals surface area contributed by atoms with Crippen LogP contribution in [0.1, 0.15) is 6.92 Å². The van der Waals surface area contributed by atoms with Gasteiger partial charge in [-0.25, -0.2) is 4.79 Å². The van der Waals surface area contributed by atoms with Crippen LogP contribution in [0.25, 0.3) is 0 Å². The summed E-state index contributed by atoms with van der Waals surface area (Å²) in [5.41, 5.74) is 10.0. The van der Waals surface area contributed by atoms with Crippen molar-refractivity contribution in [1.29, 1.82) is 0 Å². The van der Waals surface area contributed by atoms with Crippen LogP contribution in [-0.4, -0.2) is 11.1 Å². The standard InChI is InChI=1S/C6H10N2O2/c1-2-3-4(5(7)8)6(9)10/h2-3H,7-8H2,1H3,(H,9,10)/b3-2-. The first-order valence-corrected chi connectivity index (χ1v) is 2.70. The number of carboxylic acids is 1. The normalized spacial score (nSPS) is 9.70. The Hall–Kier alpha value is -1.45. The Bertz CT molecular complexity index is 190. The van der Waals surface area contributed by atoms with Gasteiger partial charge in [-0.1, -0.05) is 6.08 Å². The van der Waals surface area contributed by atoms with Crippen LogP contribution in [0.2, 0.25) is 0 Å². The second kappa shape index (κ2) is 3.55. The van der Waals surface area contributed by atoms with Gasteiger partial charge in [0.15, 0.2) is 0 Å². The molecule has 10 heavy (non-hydrogen) atoms. The molecule has 0 spiro atoms. The van der Waals surface area contributed by atoms with Gasteiger partial charge in [0.05, 0.1) is 5.57 Å². The molecule has 0 rings (SSSR count). The Morgan fingerprint density at radius 3 is 2.10 bits per heavy atom. The molecule has 0 bridgehead atoms. The minimum Gasteiger partial charge on any atom is -0.478 e. The van der Waals surface area contributed by atoms with Gasteiger partial charge >= 0.3 is 5.97 Å². The van der Waals surface area contributed by atoms with Crippen molar-refractivity contribution >= 4 is 5.97 Å². The van der Waals surface area contributed by atoms with Gasteiger partial charge in [-0.05, 0) is 13.0 Å². The van der Waals surface area contributed by atoms with Gasteiger partial charge < -0.3 is 16.6 Å². The summed E-state index contributed by atoms with van der Waals surface area (Å²) in [7, 11) is 0. The van der Waals surface area contributed by atoms with Crippen LogP contribution >= 0.6 is 0 Å². The Morgan fingerprint density at radius 2 is 2.00 bits per heavy atom. The summed E-state index contributed by atoms with van der Waals surface area (Å²) < 4.78 is 0.